The molecule has 2 N–H and O–H groups in total. The number of hydrazone groups is 1. The van der Waals surface area contributed by atoms with Gasteiger partial charge in [0.05, 0.1) is 18.1 Å². The molecule has 0 bridgehead atoms. The second-order valence-electron chi connectivity index (χ2n) is 11.1. The van der Waals surface area contributed by atoms with Crippen molar-refractivity contribution in [1.29, 1.82) is 0 Å². The van der Waals surface area contributed by atoms with Crippen LogP contribution < -0.4 is 10.7 Å². The van der Waals surface area contributed by atoms with Crippen LogP contribution in [0.3, 0.4) is 0 Å². The summed E-state index contributed by atoms with van der Waals surface area (Å²) in [6.45, 7) is 23.9. The van der Waals surface area contributed by atoms with Crippen molar-refractivity contribution >= 4 is 6.21 Å². The molecule has 200 valence electrons. The molecule has 8 nitrogen and oxygen atoms in total. The van der Waals surface area contributed by atoms with Gasteiger partial charge in [0.1, 0.15) is 0 Å². The number of likely N-dealkylation sites (tertiary alicyclic amines) is 2. The molecule has 3 saturated heterocycles. The van der Waals surface area contributed by atoms with Crippen LogP contribution in [0.1, 0.15) is 53.7 Å². The first-order valence-electron chi connectivity index (χ1n) is 14.1. The summed E-state index contributed by atoms with van der Waals surface area (Å²) < 4.78 is 2.24. The topological polar surface area (TPSA) is 64.0 Å². The van der Waals surface area contributed by atoms with E-state index in [0.717, 1.165) is 37.5 Å². The predicted octanol–water partition coefficient (Wildman–Crippen LogP) is 2.58. The molecule has 1 aromatic heterocycles. The first-order chi connectivity index (χ1) is 16.9. The molecule has 6 rings (SSSR count). The Morgan fingerprint density at radius 1 is 0.914 bits per heavy atom. The maximum absolute atomic E-state index is 4.13. The Hall–Kier alpha value is -1.48. The van der Waals surface area contributed by atoms with E-state index in [4.69, 9.17) is 0 Å². The zero-order chi connectivity index (χ0) is 25.4. The van der Waals surface area contributed by atoms with Crippen molar-refractivity contribution in [3.05, 3.63) is 18.2 Å². The van der Waals surface area contributed by atoms with E-state index in [0.29, 0.717) is 18.0 Å². The van der Waals surface area contributed by atoms with Crippen LogP contribution in [0, 0.1) is 17.8 Å². The van der Waals surface area contributed by atoms with Gasteiger partial charge in [0.25, 0.3) is 0 Å². The van der Waals surface area contributed by atoms with Crippen LogP contribution >= 0.6 is 0 Å². The van der Waals surface area contributed by atoms with Gasteiger partial charge in [0.15, 0.2) is 0 Å². The fraction of sp³-hybridized carbons (Fsp3) is 0.852. The first kappa shape index (κ1) is 28.1. The molecule has 5 aliphatic rings. The lowest BCUT2D eigenvalue weighted by Gasteiger charge is -2.31. The number of piperidine rings is 1. The third-order valence-corrected chi connectivity index (χ3v) is 8.04. The summed E-state index contributed by atoms with van der Waals surface area (Å²) in [4.78, 5) is 11.6. The summed E-state index contributed by atoms with van der Waals surface area (Å²) in [6.07, 6.45) is 7.17. The molecule has 4 atom stereocenters. The zero-order valence-electron chi connectivity index (χ0n) is 23.5. The minimum atomic E-state index is 0.635. The van der Waals surface area contributed by atoms with Crippen molar-refractivity contribution in [2.45, 2.75) is 79.2 Å². The number of hydrogen-bond acceptors (Lipinski definition) is 7. The zero-order valence-corrected chi connectivity index (χ0v) is 23.5. The minimum Gasteiger partial charge on any atom is -0.332 e. The lowest BCUT2D eigenvalue weighted by atomic mass is 9.95. The maximum atomic E-state index is 4.13. The molecule has 4 unspecified atom stereocenters. The van der Waals surface area contributed by atoms with Crippen LogP contribution in [-0.2, 0) is 13.1 Å². The number of fused-ring (bicyclic) bond motifs is 3. The van der Waals surface area contributed by atoms with Gasteiger partial charge in [-0.05, 0) is 72.6 Å². The van der Waals surface area contributed by atoms with Gasteiger partial charge < -0.3 is 25.1 Å². The van der Waals surface area contributed by atoms with Crippen molar-refractivity contribution in [1.82, 2.24) is 35.0 Å². The lowest BCUT2D eigenvalue weighted by molar-refractivity contribution is 0.177. The number of aromatic nitrogens is 2. The van der Waals surface area contributed by atoms with Gasteiger partial charge in [-0.2, -0.15) is 5.10 Å². The average molecular weight is 489 g/mol. The molecular weight excluding hydrogens is 436 g/mol. The molecule has 35 heavy (non-hydrogen) atoms. The Kier molecular flexibility index (Phi) is 11.0. The predicted molar refractivity (Wildman–Crippen MR) is 147 cm³/mol. The molecule has 0 aromatic carbocycles. The minimum absolute atomic E-state index is 0.635. The van der Waals surface area contributed by atoms with Crippen molar-refractivity contribution in [2.75, 3.05) is 52.9 Å². The van der Waals surface area contributed by atoms with Gasteiger partial charge in [0, 0.05) is 69.7 Å². The number of rotatable bonds is 2. The summed E-state index contributed by atoms with van der Waals surface area (Å²) in [5.74, 6) is 2.58. The summed E-state index contributed by atoms with van der Waals surface area (Å²) >= 11 is 0. The highest BCUT2D eigenvalue weighted by atomic mass is 15.3. The number of nitrogens with one attached hydrogen (secondary N) is 2. The Balaban J connectivity index is 0.000000142. The highest BCUT2D eigenvalue weighted by molar-refractivity contribution is 5.64. The second-order valence-corrected chi connectivity index (χ2v) is 11.1. The standard InChI is InChI=1S/C9H15N3.C9H18N2.C7H13N3.C2H6/c1-8(2)11-3-4-12-7-10-5-9(12)6-11;1-7(2)11-5-8-3-10-4-9(8)6-11;1-10-3-2-7-6(5-10)4-8-9-7;1-2/h5,7-8H,3-4,6H2,1-2H3;7-10H,3-6H2,1-2H3;4,6-7,9H,2-3,5H2,1H3;1-2H3. The Morgan fingerprint density at radius 3 is 2.26 bits per heavy atom. The molecule has 8 heteroatoms. The molecule has 6 heterocycles. The quantitative estimate of drug-likeness (QED) is 0.667. The van der Waals surface area contributed by atoms with Gasteiger partial charge in [-0.15, -0.1) is 0 Å². The van der Waals surface area contributed by atoms with E-state index in [-0.39, 0.29) is 0 Å². The Labute approximate surface area is 214 Å². The van der Waals surface area contributed by atoms with Crippen molar-refractivity contribution in [2.24, 2.45) is 22.9 Å². The van der Waals surface area contributed by atoms with Gasteiger partial charge in [-0.25, -0.2) is 4.98 Å². The third-order valence-electron chi connectivity index (χ3n) is 8.04. The average Bonchev–Trinajstić information content (AvgIpc) is 3.64. The first-order valence-corrected chi connectivity index (χ1v) is 14.1. The number of hydrogen-bond donors (Lipinski definition) is 2. The van der Waals surface area contributed by atoms with E-state index < -0.39 is 0 Å². The second kappa shape index (κ2) is 13.7. The van der Waals surface area contributed by atoms with Gasteiger partial charge in [0.2, 0.25) is 0 Å². The summed E-state index contributed by atoms with van der Waals surface area (Å²) in [6, 6.07) is 2.03. The van der Waals surface area contributed by atoms with Gasteiger partial charge in [-0.3, -0.25) is 4.90 Å². The smallest absolute Gasteiger partial charge is 0.0949 e. The number of imidazole rings is 1. The largest absolute Gasteiger partial charge is 0.332 e. The molecule has 0 amide bonds. The van der Waals surface area contributed by atoms with E-state index in [9.17, 15) is 0 Å². The van der Waals surface area contributed by atoms with E-state index >= 15 is 0 Å². The van der Waals surface area contributed by atoms with Crippen LogP contribution in [-0.4, -0.2) is 101 Å². The van der Waals surface area contributed by atoms with Crippen LogP contribution in [0.25, 0.3) is 0 Å². The van der Waals surface area contributed by atoms with Gasteiger partial charge >= 0.3 is 0 Å². The molecule has 3 fully saturated rings. The third kappa shape index (κ3) is 7.75. The normalized spacial score (nSPS) is 29.7. The van der Waals surface area contributed by atoms with Gasteiger partial charge in [-0.1, -0.05) is 13.8 Å². The summed E-state index contributed by atoms with van der Waals surface area (Å²) in [7, 11) is 2.17. The molecule has 0 radical (unpaired) electrons. The molecule has 0 spiro atoms. The van der Waals surface area contributed by atoms with E-state index in [1.165, 1.54) is 51.4 Å². The summed E-state index contributed by atoms with van der Waals surface area (Å²) in [5.41, 5.74) is 4.46. The highest BCUT2D eigenvalue weighted by Gasteiger charge is 2.36. The summed E-state index contributed by atoms with van der Waals surface area (Å²) in [5, 5.41) is 7.52. The molecule has 5 aliphatic heterocycles. The SMILES string of the molecule is CC.CC(C)N1CC2CNCC2C1.CC(C)N1CCn2cncc2C1.CN1CCC2NN=CC2C1. The molecular formula is C27H52N8. The maximum Gasteiger partial charge on any atom is 0.0949 e. The van der Waals surface area contributed by atoms with Crippen molar-refractivity contribution in [3.8, 4) is 0 Å². The van der Waals surface area contributed by atoms with Crippen LogP contribution in [0.5, 0.6) is 0 Å². The molecule has 0 saturated carbocycles. The van der Waals surface area contributed by atoms with E-state index in [1.54, 1.807) is 0 Å². The van der Waals surface area contributed by atoms with Crippen molar-refractivity contribution in [3.63, 3.8) is 0 Å². The highest BCUT2D eigenvalue weighted by Crippen LogP contribution is 2.27. The monoisotopic (exact) mass is 488 g/mol. The van der Waals surface area contributed by atoms with Crippen LogP contribution in [0.2, 0.25) is 0 Å². The fourth-order valence-electron chi connectivity index (χ4n) is 5.66. The van der Waals surface area contributed by atoms with E-state index in [2.05, 4.69) is 74.8 Å². The molecule has 1 aromatic rings. The molecule has 0 aliphatic carbocycles. The fourth-order valence-corrected chi connectivity index (χ4v) is 5.66. The van der Waals surface area contributed by atoms with Crippen molar-refractivity contribution < 1.29 is 0 Å². The Bertz CT molecular complexity index is 748. The lowest BCUT2D eigenvalue weighted by Crippen LogP contribution is -2.43. The number of nitrogens with zero attached hydrogens (tertiary/aromatic N) is 6. The van der Waals surface area contributed by atoms with E-state index in [1.807, 2.05) is 32.6 Å². The Morgan fingerprint density at radius 2 is 1.60 bits per heavy atom. The van der Waals surface area contributed by atoms with Crippen LogP contribution in [0.15, 0.2) is 17.6 Å². The van der Waals surface area contributed by atoms with Crippen LogP contribution in [0.4, 0.5) is 0 Å².